The van der Waals surface area contributed by atoms with Crippen molar-refractivity contribution in [2.75, 3.05) is 26.8 Å². The molecule has 1 fully saturated rings. The fraction of sp³-hybridized carbons (Fsp3) is 0.348. The van der Waals surface area contributed by atoms with E-state index in [1.807, 2.05) is 36.4 Å². The molecule has 1 saturated carbocycles. The molecule has 0 unspecified atom stereocenters. The Labute approximate surface area is 179 Å². The molecule has 31 heavy (non-hydrogen) atoms. The Morgan fingerprint density at radius 3 is 2.19 bits per heavy atom. The molecule has 4 rings (SSSR count). The fourth-order valence-corrected chi connectivity index (χ4v) is 4.05. The summed E-state index contributed by atoms with van der Waals surface area (Å²) >= 11 is 0. The maximum absolute atomic E-state index is 12.5. The molecule has 0 heterocycles. The van der Waals surface area contributed by atoms with Gasteiger partial charge in [0, 0.05) is 19.5 Å². The fourth-order valence-electron chi connectivity index (χ4n) is 4.05. The van der Waals surface area contributed by atoms with Gasteiger partial charge in [-0.2, -0.15) is 0 Å². The first-order chi connectivity index (χ1) is 14.9. The van der Waals surface area contributed by atoms with Gasteiger partial charge in [-0.25, -0.2) is 14.7 Å². The van der Waals surface area contributed by atoms with Crippen molar-refractivity contribution in [3.05, 3.63) is 59.7 Å². The molecule has 0 aromatic heterocycles. The molecule has 0 spiro atoms. The lowest BCUT2D eigenvalue weighted by atomic mass is 9.98. The molecule has 162 valence electrons. The van der Waals surface area contributed by atoms with Gasteiger partial charge in [0.15, 0.2) is 6.61 Å². The molecular weight excluding hydrogens is 400 g/mol. The molecule has 2 aliphatic carbocycles. The van der Waals surface area contributed by atoms with Crippen molar-refractivity contribution in [2.45, 2.75) is 18.8 Å². The number of hydrogen-bond donors (Lipinski definition) is 2. The van der Waals surface area contributed by atoms with Crippen LogP contribution in [-0.2, 0) is 19.2 Å². The molecule has 2 aliphatic rings. The quantitative estimate of drug-likeness (QED) is 0.632. The second kappa shape index (κ2) is 8.39. The van der Waals surface area contributed by atoms with E-state index < -0.39 is 24.1 Å². The first-order valence-electron chi connectivity index (χ1n) is 10.1. The molecular formula is C23H24N2O6. The Morgan fingerprint density at radius 1 is 1.06 bits per heavy atom. The molecule has 8 heteroatoms. The zero-order valence-corrected chi connectivity index (χ0v) is 17.2. The summed E-state index contributed by atoms with van der Waals surface area (Å²) in [7, 11) is 1.37. The number of nitrogens with zero attached hydrogens (tertiary/aromatic N) is 1. The summed E-state index contributed by atoms with van der Waals surface area (Å²) in [6, 6.07) is 16.2. The number of aliphatic carboxylic acids is 1. The van der Waals surface area contributed by atoms with Crippen LogP contribution in [0.4, 0.5) is 4.79 Å². The third-order valence-electron chi connectivity index (χ3n) is 5.89. The number of alkyl carbamates (subject to hydrolysis) is 1. The van der Waals surface area contributed by atoms with Crippen LogP contribution < -0.4 is 5.32 Å². The third kappa shape index (κ3) is 4.25. The minimum atomic E-state index is -1.17. The van der Waals surface area contributed by atoms with Crippen molar-refractivity contribution < 1.29 is 29.1 Å². The number of hydrogen-bond acceptors (Lipinski definition) is 5. The maximum Gasteiger partial charge on any atom is 0.407 e. The van der Waals surface area contributed by atoms with E-state index in [4.69, 9.17) is 14.7 Å². The van der Waals surface area contributed by atoms with E-state index in [0.717, 1.165) is 27.3 Å². The van der Waals surface area contributed by atoms with E-state index in [0.29, 0.717) is 12.8 Å². The highest BCUT2D eigenvalue weighted by Crippen LogP contribution is 2.47. The highest BCUT2D eigenvalue weighted by atomic mass is 16.7. The van der Waals surface area contributed by atoms with Gasteiger partial charge in [0.05, 0.1) is 5.41 Å². The van der Waals surface area contributed by atoms with E-state index in [1.165, 1.54) is 7.05 Å². The predicted octanol–water partition coefficient (Wildman–Crippen LogP) is 2.78. The van der Waals surface area contributed by atoms with Crippen LogP contribution in [0.3, 0.4) is 0 Å². The largest absolute Gasteiger partial charge is 0.479 e. The average Bonchev–Trinajstić information content (AvgIpc) is 3.51. The molecule has 2 N–H and O–H groups in total. The molecule has 2 aromatic carbocycles. The summed E-state index contributed by atoms with van der Waals surface area (Å²) in [6.07, 6.45) is 0.599. The molecule has 0 saturated heterocycles. The Kier molecular flexibility index (Phi) is 5.65. The van der Waals surface area contributed by atoms with Crippen LogP contribution >= 0.6 is 0 Å². The number of hydroxylamine groups is 2. The normalized spacial score (nSPS) is 15.5. The summed E-state index contributed by atoms with van der Waals surface area (Å²) in [6.45, 7) is -0.288. The zero-order valence-electron chi connectivity index (χ0n) is 17.2. The van der Waals surface area contributed by atoms with Crippen molar-refractivity contribution >= 4 is 18.0 Å². The molecule has 2 aromatic rings. The number of carbonyl (C=O) groups excluding carboxylic acids is 2. The van der Waals surface area contributed by atoms with Crippen molar-refractivity contribution in [3.63, 3.8) is 0 Å². The number of rotatable bonds is 8. The summed E-state index contributed by atoms with van der Waals surface area (Å²) in [5.41, 5.74) is 3.79. The van der Waals surface area contributed by atoms with E-state index in [9.17, 15) is 14.4 Å². The summed E-state index contributed by atoms with van der Waals surface area (Å²) in [4.78, 5) is 40.4. The van der Waals surface area contributed by atoms with Crippen molar-refractivity contribution in [2.24, 2.45) is 5.41 Å². The van der Waals surface area contributed by atoms with E-state index >= 15 is 0 Å². The van der Waals surface area contributed by atoms with Crippen LogP contribution in [-0.4, -0.2) is 54.9 Å². The monoisotopic (exact) mass is 424 g/mol. The van der Waals surface area contributed by atoms with Gasteiger partial charge in [0.2, 0.25) is 0 Å². The lowest BCUT2D eigenvalue weighted by Crippen LogP contribution is -2.42. The minimum Gasteiger partial charge on any atom is -0.479 e. The highest BCUT2D eigenvalue weighted by Gasteiger charge is 2.52. The molecule has 0 bridgehead atoms. The smallest absolute Gasteiger partial charge is 0.407 e. The van der Waals surface area contributed by atoms with Crippen molar-refractivity contribution in [1.29, 1.82) is 0 Å². The second-order valence-corrected chi connectivity index (χ2v) is 7.93. The lowest BCUT2D eigenvalue weighted by molar-refractivity contribution is -0.190. The van der Waals surface area contributed by atoms with Gasteiger partial charge in [-0.3, -0.25) is 9.63 Å². The first kappa shape index (κ1) is 20.9. The van der Waals surface area contributed by atoms with E-state index in [-0.39, 0.29) is 25.0 Å². The number of ether oxygens (including phenoxy) is 1. The van der Waals surface area contributed by atoms with Gasteiger partial charge in [0.25, 0.3) is 5.91 Å². The SMILES string of the molecule is CN(OCC(=O)O)C(=O)C1(CNC(=O)OCC2c3ccccc3-c3ccccc32)CC1. The Morgan fingerprint density at radius 2 is 1.65 bits per heavy atom. The Balaban J connectivity index is 1.32. The van der Waals surface area contributed by atoms with Crippen LogP contribution in [0.25, 0.3) is 11.1 Å². The highest BCUT2D eigenvalue weighted by molar-refractivity contribution is 5.85. The van der Waals surface area contributed by atoms with E-state index in [2.05, 4.69) is 17.4 Å². The molecule has 2 amide bonds. The molecule has 0 aliphatic heterocycles. The van der Waals surface area contributed by atoms with Crippen molar-refractivity contribution in [3.8, 4) is 11.1 Å². The van der Waals surface area contributed by atoms with Gasteiger partial charge in [-0.15, -0.1) is 0 Å². The maximum atomic E-state index is 12.5. The topological polar surface area (TPSA) is 105 Å². The summed E-state index contributed by atoms with van der Waals surface area (Å²) in [5.74, 6) is -1.56. The summed E-state index contributed by atoms with van der Waals surface area (Å²) < 4.78 is 5.50. The number of benzene rings is 2. The molecule has 0 atom stereocenters. The van der Waals surface area contributed by atoms with Gasteiger partial charge in [-0.1, -0.05) is 48.5 Å². The minimum absolute atomic E-state index is 0.0368. The second-order valence-electron chi connectivity index (χ2n) is 7.93. The number of nitrogens with one attached hydrogen (secondary N) is 1. The molecule has 8 nitrogen and oxygen atoms in total. The van der Waals surface area contributed by atoms with Gasteiger partial charge < -0.3 is 15.2 Å². The third-order valence-corrected chi connectivity index (χ3v) is 5.89. The average molecular weight is 424 g/mol. The van der Waals surface area contributed by atoms with Crippen molar-refractivity contribution in [1.82, 2.24) is 10.4 Å². The predicted molar refractivity (Wildman–Crippen MR) is 111 cm³/mol. The van der Waals surface area contributed by atoms with E-state index in [1.54, 1.807) is 0 Å². The van der Waals surface area contributed by atoms with Crippen LogP contribution in [0.2, 0.25) is 0 Å². The number of fused-ring (bicyclic) bond motifs is 3. The standard InChI is InChI=1S/C23H24N2O6/c1-25(31-13-20(26)27)21(28)23(10-11-23)14-24-22(29)30-12-19-17-8-4-2-6-15(17)16-7-3-5-9-18(16)19/h2-9,19H,10-14H2,1H3,(H,24,29)(H,26,27). The lowest BCUT2D eigenvalue weighted by Gasteiger charge is -2.22. The van der Waals surface area contributed by atoms with Gasteiger partial charge in [0.1, 0.15) is 6.61 Å². The number of amides is 2. The number of carboxylic acid groups (broad SMARTS) is 1. The Bertz CT molecular complexity index is 971. The van der Waals surface area contributed by atoms with Gasteiger partial charge >= 0.3 is 12.1 Å². The van der Waals surface area contributed by atoms with Crippen LogP contribution in [0, 0.1) is 5.41 Å². The van der Waals surface area contributed by atoms with Crippen LogP contribution in [0.5, 0.6) is 0 Å². The number of carbonyl (C=O) groups is 3. The van der Waals surface area contributed by atoms with Crippen LogP contribution in [0.1, 0.15) is 29.9 Å². The molecule has 0 radical (unpaired) electrons. The Hall–Kier alpha value is -3.39. The first-order valence-corrected chi connectivity index (χ1v) is 10.1. The van der Waals surface area contributed by atoms with Crippen LogP contribution in [0.15, 0.2) is 48.5 Å². The zero-order chi connectivity index (χ0) is 22.0. The van der Waals surface area contributed by atoms with Gasteiger partial charge in [-0.05, 0) is 35.1 Å². The number of carboxylic acids is 1. The summed E-state index contributed by atoms with van der Waals surface area (Å²) in [5, 5.41) is 12.3.